The van der Waals surface area contributed by atoms with Gasteiger partial charge < -0.3 is 9.88 Å². The van der Waals surface area contributed by atoms with Gasteiger partial charge in [-0.05, 0) is 30.0 Å². The molecule has 2 aromatic rings. The van der Waals surface area contributed by atoms with Crippen LogP contribution in [0.15, 0.2) is 23.4 Å². The average molecular weight is 458 g/mol. The van der Waals surface area contributed by atoms with Gasteiger partial charge in [0.05, 0.1) is 10.8 Å². The van der Waals surface area contributed by atoms with Crippen LogP contribution in [0, 0.1) is 11.8 Å². The van der Waals surface area contributed by atoms with Gasteiger partial charge in [-0.1, -0.05) is 62.7 Å². The average Bonchev–Trinajstić information content (AvgIpc) is 3.00. The van der Waals surface area contributed by atoms with E-state index < -0.39 is 11.9 Å². The van der Waals surface area contributed by atoms with E-state index in [9.17, 15) is 9.59 Å². The molecular formula is C19H25Cl2N5O2S. The molecule has 1 heterocycles. The largest absolute Gasteiger partial charge is 0.338 e. The molecule has 2 rings (SSSR count). The molecule has 0 atom stereocenters. The Morgan fingerprint density at radius 3 is 2.48 bits per heavy atom. The first-order valence-electron chi connectivity index (χ1n) is 9.26. The van der Waals surface area contributed by atoms with E-state index in [1.807, 2.05) is 18.4 Å². The Bertz CT molecular complexity index is 870. The molecular weight excluding hydrogens is 433 g/mol. The summed E-state index contributed by atoms with van der Waals surface area (Å²) in [6.07, 6.45) is 0. The number of rotatable bonds is 8. The quantitative estimate of drug-likeness (QED) is 0.570. The molecule has 0 spiro atoms. The van der Waals surface area contributed by atoms with Crippen LogP contribution in [-0.2, 0) is 11.3 Å². The van der Waals surface area contributed by atoms with Crippen LogP contribution in [0.1, 0.15) is 27.7 Å². The van der Waals surface area contributed by atoms with Crippen molar-refractivity contribution in [1.29, 1.82) is 0 Å². The van der Waals surface area contributed by atoms with Gasteiger partial charge in [0.25, 0.3) is 0 Å². The summed E-state index contributed by atoms with van der Waals surface area (Å²) in [4.78, 5) is 23.8. The molecule has 3 amide bonds. The van der Waals surface area contributed by atoms with E-state index in [4.69, 9.17) is 23.2 Å². The highest BCUT2D eigenvalue weighted by Gasteiger charge is 2.19. The number of hydrogen-bond donors (Lipinski definition) is 2. The van der Waals surface area contributed by atoms with Crippen LogP contribution in [-0.4, -0.2) is 39.0 Å². The predicted octanol–water partition coefficient (Wildman–Crippen LogP) is 4.48. The Morgan fingerprint density at radius 2 is 1.86 bits per heavy atom. The number of thioether (sulfide) groups is 1. The van der Waals surface area contributed by atoms with E-state index in [1.165, 1.54) is 11.8 Å². The molecule has 10 heteroatoms. The van der Waals surface area contributed by atoms with E-state index in [1.54, 1.807) is 18.2 Å². The van der Waals surface area contributed by atoms with E-state index in [-0.39, 0.29) is 5.75 Å². The summed E-state index contributed by atoms with van der Waals surface area (Å²) in [6.45, 7) is 9.26. The second-order valence-electron chi connectivity index (χ2n) is 7.38. The third-order valence-corrected chi connectivity index (χ3v) is 5.21. The number of imide groups is 1. The second-order valence-corrected chi connectivity index (χ2v) is 9.16. The normalized spacial score (nSPS) is 11.2. The number of nitrogens with zero attached hydrogens (tertiary/aromatic N) is 3. The molecule has 0 unspecified atom stereocenters. The number of carbonyl (C=O) groups is 2. The molecule has 1 aromatic carbocycles. The number of amides is 3. The minimum atomic E-state index is -0.499. The van der Waals surface area contributed by atoms with Crippen LogP contribution < -0.4 is 10.6 Å². The van der Waals surface area contributed by atoms with E-state index in [0.29, 0.717) is 51.5 Å². The van der Waals surface area contributed by atoms with Gasteiger partial charge in [-0.3, -0.25) is 10.1 Å². The van der Waals surface area contributed by atoms with Crippen LogP contribution in [0.25, 0.3) is 11.4 Å². The van der Waals surface area contributed by atoms with Gasteiger partial charge >= 0.3 is 6.03 Å². The smallest absolute Gasteiger partial charge is 0.321 e. The Kier molecular flexibility index (Phi) is 8.79. The Morgan fingerprint density at radius 1 is 1.14 bits per heavy atom. The molecule has 158 valence electrons. The number of carbonyl (C=O) groups excluding carboxylic acids is 2. The molecule has 0 aliphatic carbocycles. The Balaban J connectivity index is 2.11. The van der Waals surface area contributed by atoms with Crippen molar-refractivity contribution < 1.29 is 9.59 Å². The van der Waals surface area contributed by atoms with Crippen molar-refractivity contribution in [2.24, 2.45) is 11.8 Å². The lowest BCUT2D eigenvalue weighted by Gasteiger charge is -2.13. The molecule has 0 saturated carbocycles. The van der Waals surface area contributed by atoms with Gasteiger partial charge in [0.15, 0.2) is 11.0 Å². The van der Waals surface area contributed by atoms with Crippen molar-refractivity contribution >= 4 is 46.9 Å². The summed E-state index contributed by atoms with van der Waals surface area (Å²) in [5.41, 5.74) is 0.716. The van der Waals surface area contributed by atoms with E-state index in [2.05, 4.69) is 34.7 Å². The summed E-state index contributed by atoms with van der Waals surface area (Å²) >= 11 is 13.5. The Hall–Kier alpha value is -1.77. The first-order chi connectivity index (χ1) is 13.7. The van der Waals surface area contributed by atoms with Crippen LogP contribution in [0.3, 0.4) is 0 Å². The fourth-order valence-electron chi connectivity index (χ4n) is 2.43. The fraction of sp³-hybridized carbons (Fsp3) is 0.474. The molecule has 0 aliphatic heterocycles. The van der Waals surface area contributed by atoms with E-state index in [0.717, 1.165) is 0 Å². The summed E-state index contributed by atoms with van der Waals surface area (Å²) < 4.78 is 1.93. The maximum Gasteiger partial charge on any atom is 0.321 e. The second kappa shape index (κ2) is 10.8. The zero-order chi connectivity index (χ0) is 21.6. The fourth-order valence-corrected chi connectivity index (χ4v) is 3.67. The molecule has 0 aliphatic rings. The van der Waals surface area contributed by atoms with Gasteiger partial charge in [-0.15, -0.1) is 10.2 Å². The van der Waals surface area contributed by atoms with Gasteiger partial charge in [-0.2, -0.15) is 0 Å². The summed E-state index contributed by atoms with van der Waals surface area (Å²) in [7, 11) is 0. The number of urea groups is 1. The third kappa shape index (κ3) is 7.21. The summed E-state index contributed by atoms with van der Waals surface area (Å²) in [6, 6.07) is 4.70. The van der Waals surface area contributed by atoms with E-state index >= 15 is 0 Å². The van der Waals surface area contributed by atoms with Gasteiger partial charge in [0, 0.05) is 23.7 Å². The van der Waals surface area contributed by atoms with Crippen molar-refractivity contribution in [3.63, 3.8) is 0 Å². The molecule has 29 heavy (non-hydrogen) atoms. The monoisotopic (exact) mass is 457 g/mol. The van der Waals surface area contributed by atoms with Crippen molar-refractivity contribution in [3.8, 4) is 11.4 Å². The number of nitrogens with one attached hydrogen (secondary N) is 2. The standard InChI is InChI=1S/C19H25Cl2N5O2S/c1-11(2)8-22-18(28)23-16(27)10-29-19-25-24-17(26(19)9-12(3)4)14-6-5-13(20)7-15(14)21/h5-7,11-12H,8-10H2,1-4H3,(H2,22,23,27,28). The minimum absolute atomic E-state index is 0.0413. The maximum absolute atomic E-state index is 12.1. The molecule has 0 radical (unpaired) electrons. The van der Waals surface area contributed by atoms with Crippen molar-refractivity contribution in [1.82, 2.24) is 25.4 Å². The van der Waals surface area contributed by atoms with Crippen LogP contribution in [0.2, 0.25) is 10.0 Å². The SMILES string of the molecule is CC(C)CNC(=O)NC(=O)CSc1nnc(-c2ccc(Cl)cc2Cl)n1CC(C)C. The number of benzene rings is 1. The van der Waals surface area contributed by atoms with Gasteiger partial charge in [0.2, 0.25) is 5.91 Å². The number of aromatic nitrogens is 3. The molecule has 0 fully saturated rings. The summed E-state index contributed by atoms with van der Waals surface area (Å²) in [5.74, 6) is 0.878. The lowest BCUT2D eigenvalue weighted by Crippen LogP contribution is -2.41. The number of hydrogen-bond acceptors (Lipinski definition) is 5. The lowest BCUT2D eigenvalue weighted by atomic mass is 10.2. The zero-order valence-electron chi connectivity index (χ0n) is 16.8. The first kappa shape index (κ1) is 23.5. The summed E-state index contributed by atoms with van der Waals surface area (Å²) in [5, 5.41) is 15.1. The van der Waals surface area contributed by atoms with Crippen LogP contribution in [0.5, 0.6) is 0 Å². The molecule has 0 bridgehead atoms. The highest BCUT2D eigenvalue weighted by molar-refractivity contribution is 7.99. The van der Waals surface area contributed by atoms with Gasteiger partial charge in [0.1, 0.15) is 0 Å². The zero-order valence-corrected chi connectivity index (χ0v) is 19.2. The topological polar surface area (TPSA) is 88.9 Å². The molecule has 2 N–H and O–H groups in total. The number of halogens is 2. The molecule has 0 saturated heterocycles. The van der Waals surface area contributed by atoms with Crippen molar-refractivity contribution in [2.45, 2.75) is 39.4 Å². The van der Waals surface area contributed by atoms with Crippen molar-refractivity contribution in [2.75, 3.05) is 12.3 Å². The highest BCUT2D eigenvalue weighted by Crippen LogP contribution is 2.31. The van der Waals surface area contributed by atoms with Crippen molar-refractivity contribution in [3.05, 3.63) is 28.2 Å². The first-order valence-corrected chi connectivity index (χ1v) is 11.0. The van der Waals surface area contributed by atoms with Crippen LogP contribution >= 0.6 is 35.0 Å². The molecule has 1 aromatic heterocycles. The third-order valence-electron chi connectivity index (χ3n) is 3.69. The lowest BCUT2D eigenvalue weighted by molar-refractivity contribution is -0.117. The van der Waals surface area contributed by atoms with Crippen LogP contribution in [0.4, 0.5) is 4.79 Å². The highest BCUT2D eigenvalue weighted by atomic mass is 35.5. The maximum atomic E-state index is 12.1. The molecule has 7 nitrogen and oxygen atoms in total. The Labute approximate surface area is 184 Å². The van der Waals surface area contributed by atoms with Gasteiger partial charge in [-0.25, -0.2) is 4.79 Å². The minimum Gasteiger partial charge on any atom is -0.338 e. The predicted molar refractivity (Wildman–Crippen MR) is 117 cm³/mol.